The summed E-state index contributed by atoms with van der Waals surface area (Å²) in [4.78, 5) is 0. The second-order valence-corrected chi connectivity index (χ2v) is 9.07. The van der Waals surface area contributed by atoms with Crippen molar-refractivity contribution >= 4 is 0 Å². The van der Waals surface area contributed by atoms with E-state index in [1.807, 2.05) is 13.8 Å². The van der Waals surface area contributed by atoms with E-state index in [1.165, 1.54) is 23.7 Å². The molecule has 0 heterocycles. The molecule has 192 valence electrons. The van der Waals surface area contributed by atoms with E-state index in [1.54, 1.807) is 38.5 Å². The lowest BCUT2D eigenvalue weighted by atomic mass is 9.82. The molecule has 0 aromatic carbocycles. The van der Waals surface area contributed by atoms with Crippen molar-refractivity contribution in [2.24, 2.45) is 23.7 Å². The van der Waals surface area contributed by atoms with E-state index in [4.69, 9.17) is 29.2 Å². The van der Waals surface area contributed by atoms with Gasteiger partial charge in [-0.3, -0.25) is 0 Å². The fourth-order valence-electron chi connectivity index (χ4n) is 5.46. The van der Waals surface area contributed by atoms with Crippen LogP contribution in [0.15, 0.2) is 0 Å². The van der Waals surface area contributed by atoms with Crippen molar-refractivity contribution in [2.75, 3.05) is 66.1 Å². The van der Waals surface area contributed by atoms with Gasteiger partial charge < -0.3 is 29.2 Å². The van der Waals surface area contributed by atoms with Gasteiger partial charge >= 0.3 is 0 Å². The predicted octanol–water partition coefficient (Wildman–Crippen LogP) is 4.46. The number of fused-ring (bicyclic) bond motifs is 5. The molecule has 0 radical (unpaired) electrons. The first kappa shape index (κ1) is 29.8. The van der Waals surface area contributed by atoms with Crippen LogP contribution in [0.1, 0.15) is 78.1 Å². The molecule has 6 nitrogen and oxygen atoms in total. The molecular formula is C26H52O6. The summed E-state index contributed by atoms with van der Waals surface area (Å²) in [5, 5.41) is 16.7. The minimum atomic E-state index is 0.117. The quantitative estimate of drug-likeness (QED) is 0.331. The third-order valence-electron chi connectivity index (χ3n) is 6.88. The summed E-state index contributed by atoms with van der Waals surface area (Å²) in [6, 6.07) is 0. The van der Waals surface area contributed by atoms with E-state index in [0.717, 1.165) is 65.3 Å². The molecule has 3 fully saturated rings. The van der Waals surface area contributed by atoms with Gasteiger partial charge in [-0.1, -0.05) is 6.42 Å². The van der Waals surface area contributed by atoms with E-state index in [2.05, 4.69) is 0 Å². The van der Waals surface area contributed by atoms with Gasteiger partial charge in [0.2, 0.25) is 0 Å². The predicted molar refractivity (Wildman–Crippen MR) is 129 cm³/mol. The molecule has 0 spiro atoms. The number of hydrogen-bond donors (Lipinski definition) is 2. The maximum absolute atomic E-state index is 8.36. The summed E-state index contributed by atoms with van der Waals surface area (Å²) in [6.45, 7) is 9.79. The Morgan fingerprint density at radius 1 is 0.562 bits per heavy atom. The number of aliphatic hydroxyl groups excluding tert-OH is 2. The largest absolute Gasteiger partial charge is 0.394 e. The monoisotopic (exact) mass is 460 g/mol. The molecule has 32 heavy (non-hydrogen) atoms. The first-order chi connectivity index (χ1) is 15.8. The summed E-state index contributed by atoms with van der Waals surface area (Å²) < 4.78 is 20.4. The molecule has 2 bridgehead atoms. The molecule has 2 N–H and O–H groups in total. The number of ether oxygens (including phenoxy) is 4. The van der Waals surface area contributed by atoms with Gasteiger partial charge in [-0.15, -0.1) is 0 Å². The highest BCUT2D eigenvalue weighted by Gasteiger charge is 2.48. The smallest absolute Gasteiger partial charge is 0.0697 e. The van der Waals surface area contributed by atoms with E-state index in [0.29, 0.717) is 13.2 Å². The average molecular weight is 461 g/mol. The van der Waals surface area contributed by atoms with Crippen LogP contribution < -0.4 is 0 Å². The van der Waals surface area contributed by atoms with Crippen LogP contribution >= 0.6 is 0 Å². The molecule has 0 aliphatic heterocycles. The molecule has 3 aliphatic carbocycles. The van der Waals surface area contributed by atoms with E-state index in [9.17, 15) is 0 Å². The molecule has 3 saturated carbocycles. The van der Waals surface area contributed by atoms with Gasteiger partial charge in [-0.05, 0) is 95.3 Å². The van der Waals surface area contributed by atoms with Crippen molar-refractivity contribution in [2.45, 2.75) is 78.1 Å². The summed E-state index contributed by atoms with van der Waals surface area (Å²) in [6.07, 6.45) is 13.6. The van der Waals surface area contributed by atoms with Gasteiger partial charge in [0.1, 0.15) is 0 Å². The molecule has 0 amide bonds. The van der Waals surface area contributed by atoms with Crippen molar-refractivity contribution < 1.29 is 29.2 Å². The molecule has 4 atom stereocenters. The Labute approximate surface area is 197 Å². The minimum Gasteiger partial charge on any atom is -0.394 e. The molecule has 0 aromatic heterocycles. The highest BCUT2D eigenvalue weighted by Crippen LogP contribution is 2.58. The third kappa shape index (κ3) is 13.5. The highest BCUT2D eigenvalue weighted by molar-refractivity contribution is 4.98. The van der Waals surface area contributed by atoms with Crippen LogP contribution in [0.5, 0.6) is 0 Å². The second kappa shape index (κ2) is 21.3. The third-order valence-corrected chi connectivity index (χ3v) is 6.88. The highest BCUT2D eigenvalue weighted by atomic mass is 16.5. The molecule has 3 aliphatic rings. The SMILES string of the molecule is C1CC2C3CCC(C3)C2C1.CCOCCCCOCCO.CCOCCCCOCCO. The Hall–Kier alpha value is -0.240. The average Bonchev–Trinajstić information content (AvgIpc) is 3.54. The van der Waals surface area contributed by atoms with Gasteiger partial charge in [0.05, 0.1) is 26.4 Å². The van der Waals surface area contributed by atoms with E-state index < -0.39 is 0 Å². The summed E-state index contributed by atoms with van der Waals surface area (Å²) in [5.41, 5.74) is 0. The Kier molecular flexibility index (Phi) is 19.8. The van der Waals surface area contributed by atoms with E-state index in [-0.39, 0.29) is 13.2 Å². The van der Waals surface area contributed by atoms with Gasteiger partial charge in [0, 0.05) is 39.6 Å². The Balaban J connectivity index is 0.000000240. The zero-order chi connectivity index (χ0) is 23.3. The lowest BCUT2D eigenvalue weighted by molar-refractivity contribution is 0.0810. The van der Waals surface area contributed by atoms with Crippen LogP contribution in [0.3, 0.4) is 0 Å². The molecular weight excluding hydrogens is 408 g/mol. The standard InChI is InChI=1S/C10H16.2C8H18O3/c1-2-9-7-4-5-8(6-7)10(9)3-1;2*1-2-10-6-3-4-7-11-8-5-9/h7-10H,1-6H2;2*9H,2-8H2,1H3. The zero-order valence-electron chi connectivity index (χ0n) is 21.0. The number of rotatable bonds is 16. The van der Waals surface area contributed by atoms with Crippen molar-refractivity contribution in [3.8, 4) is 0 Å². The fourth-order valence-corrected chi connectivity index (χ4v) is 5.46. The molecule has 0 saturated heterocycles. The van der Waals surface area contributed by atoms with Gasteiger partial charge in [0.15, 0.2) is 0 Å². The molecule has 0 aromatic rings. The number of aliphatic hydroxyl groups is 2. The van der Waals surface area contributed by atoms with Crippen LogP contribution in [0.25, 0.3) is 0 Å². The Bertz CT molecular complexity index is 345. The van der Waals surface area contributed by atoms with Gasteiger partial charge in [-0.25, -0.2) is 0 Å². The summed E-state index contributed by atoms with van der Waals surface area (Å²) in [5.74, 6) is 4.80. The van der Waals surface area contributed by atoms with Crippen molar-refractivity contribution in [1.29, 1.82) is 0 Å². The maximum atomic E-state index is 8.36. The summed E-state index contributed by atoms with van der Waals surface area (Å²) >= 11 is 0. The van der Waals surface area contributed by atoms with E-state index >= 15 is 0 Å². The topological polar surface area (TPSA) is 77.4 Å². The molecule has 3 rings (SSSR count). The van der Waals surface area contributed by atoms with Gasteiger partial charge in [-0.2, -0.15) is 0 Å². The first-order valence-corrected chi connectivity index (χ1v) is 13.3. The number of unbranched alkanes of at least 4 members (excludes halogenated alkanes) is 2. The molecule has 4 unspecified atom stereocenters. The minimum absolute atomic E-state index is 0.117. The van der Waals surface area contributed by atoms with Crippen molar-refractivity contribution in [1.82, 2.24) is 0 Å². The van der Waals surface area contributed by atoms with Crippen LogP contribution in [0.2, 0.25) is 0 Å². The maximum Gasteiger partial charge on any atom is 0.0697 e. The Morgan fingerprint density at radius 3 is 1.34 bits per heavy atom. The second-order valence-electron chi connectivity index (χ2n) is 9.07. The lowest BCUT2D eigenvalue weighted by Crippen LogP contribution is -2.15. The van der Waals surface area contributed by atoms with Crippen molar-refractivity contribution in [3.63, 3.8) is 0 Å². The van der Waals surface area contributed by atoms with Crippen molar-refractivity contribution in [3.05, 3.63) is 0 Å². The first-order valence-electron chi connectivity index (χ1n) is 13.3. The fraction of sp³-hybridized carbons (Fsp3) is 1.00. The van der Waals surface area contributed by atoms with Crippen LogP contribution in [0, 0.1) is 23.7 Å². The normalized spacial score (nSPS) is 25.1. The van der Waals surface area contributed by atoms with Crippen LogP contribution in [0.4, 0.5) is 0 Å². The zero-order valence-corrected chi connectivity index (χ0v) is 21.0. The Morgan fingerprint density at radius 2 is 0.969 bits per heavy atom. The van der Waals surface area contributed by atoms with Crippen LogP contribution in [-0.2, 0) is 18.9 Å². The van der Waals surface area contributed by atoms with Crippen LogP contribution in [-0.4, -0.2) is 76.3 Å². The van der Waals surface area contributed by atoms with Gasteiger partial charge in [0.25, 0.3) is 0 Å². The number of hydrogen-bond acceptors (Lipinski definition) is 6. The molecule has 6 heteroatoms. The summed E-state index contributed by atoms with van der Waals surface area (Å²) in [7, 11) is 0. The lowest BCUT2D eigenvalue weighted by Gasteiger charge is -2.23.